The fraction of sp³-hybridized carbons (Fsp3) is 0.556. The molecule has 1 saturated carbocycles. The van der Waals surface area contributed by atoms with Crippen LogP contribution in [0.3, 0.4) is 0 Å². The first kappa shape index (κ1) is 17.8. The molecule has 9 nitrogen and oxygen atoms in total. The topological polar surface area (TPSA) is 129 Å². The van der Waals surface area contributed by atoms with Gasteiger partial charge in [0, 0.05) is 12.4 Å². The predicted octanol–water partition coefficient (Wildman–Crippen LogP) is -0.572. The van der Waals surface area contributed by atoms with Crippen LogP contribution in [0.2, 0.25) is 5.82 Å². The van der Waals surface area contributed by atoms with Crippen LogP contribution >= 0.6 is 0 Å². The number of hydrogen-bond donors (Lipinski definition) is 4. The second-order valence-electron chi connectivity index (χ2n) is 8.01. The number of amides is 1. The minimum absolute atomic E-state index is 0.0369. The molecule has 5 rings (SSSR count). The Morgan fingerprint density at radius 3 is 2.75 bits per heavy atom. The van der Waals surface area contributed by atoms with E-state index in [1.54, 1.807) is 17.0 Å². The zero-order valence-corrected chi connectivity index (χ0v) is 15.1. The predicted molar refractivity (Wildman–Crippen MR) is 96.5 cm³/mol. The van der Waals surface area contributed by atoms with Crippen molar-refractivity contribution in [2.24, 2.45) is 0 Å². The zero-order valence-electron chi connectivity index (χ0n) is 15.1. The van der Waals surface area contributed by atoms with Crippen molar-refractivity contribution in [3.8, 4) is 11.5 Å². The normalized spacial score (nSPS) is 30.8. The van der Waals surface area contributed by atoms with Crippen molar-refractivity contribution in [3.05, 3.63) is 23.3 Å². The Bertz CT molecular complexity index is 843. The molecule has 1 aromatic carbocycles. The Balaban J connectivity index is 1.28. The molecular formula is C18H21BN2O7. The lowest BCUT2D eigenvalue weighted by molar-refractivity contribution is -0.142. The summed E-state index contributed by atoms with van der Waals surface area (Å²) in [6.45, 7) is 1.13. The van der Waals surface area contributed by atoms with Gasteiger partial charge in [0.05, 0.1) is 25.2 Å². The van der Waals surface area contributed by atoms with E-state index in [-0.39, 0.29) is 46.9 Å². The van der Waals surface area contributed by atoms with Crippen LogP contribution in [0.25, 0.3) is 0 Å². The number of nitrogens with one attached hydrogen (secondary N) is 1. The molecule has 2 saturated heterocycles. The molecular weight excluding hydrogens is 367 g/mol. The monoisotopic (exact) mass is 388 g/mol. The van der Waals surface area contributed by atoms with Crippen LogP contribution in [-0.4, -0.2) is 77.0 Å². The zero-order chi connectivity index (χ0) is 19.6. The van der Waals surface area contributed by atoms with Crippen molar-refractivity contribution >= 4 is 19.0 Å². The molecule has 0 aromatic heterocycles. The van der Waals surface area contributed by atoms with Crippen LogP contribution in [0, 0.1) is 0 Å². The van der Waals surface area contributed by atoms with Gasteiger partial charge in [-0.15, -0.1) is 0 Å². The first-order chi connectivity index (χ1) is 13.4. The SMILES string of the molecule is O=C(O)c1c(OC2CN(C(=O)C3CC(O)CN3)C2)ccc2c1OB(O)C1CC21. The largest absolute Gasteiger partial charge is 0.535 e. The van der Waals surface area contributed by atoms with Crippen molar-refractivity contribution in [1.29, 1.82) is 0 Å². The Hall–Kier alpha value is -2.30. The summed E-state index contributed by atoms with van der Waals surface area (Å²) < 4.78 is 11.3. The summed E-state index contributed by atoms with van der Waals surface area (Å²) in [7, 11) is -0.989. The first-order valence-corrected chi connectivity index (χ1v) is 9.54. The maximum Gasteiger partial charge on any atom is 0.526 e. The van der Waals surface area contributed by atoms with Crippen molar-refractivity contribution in [2.75, 3.05) is 19.6 Å². The number of carbonyl (C=O) groups is 2. The van der Waals surface area contributed by atoms with E-state index in [4.69, 9.17) is 9.39 Å². The molecule has 0 bridgehead atoms. The molecule has 4 atom stereocenters. The highest BCUT2D eigenvalue weighted by molar-refractivity contribution is 6.48. The van der Waals surface area contributed by atoms with Crippen molar-refractivity contribution < 1.29 is 34.2 Å². The highest BCUT2D eigenvalue weighted by Gasteiger charge is 2.54. The lowest BCUT2D eigenvalue weighted by Gasteiger charge is -2.40. The minimum Gasteiger partial charge on any atom is -0.535 e. The number of carbonyl (C=O) groups excluding carboxylic acids is 1. The van der Waals surface area contributed by atoms with Gasteiger partial charge in [0.2, 0.25) is 5.91 Å². The maximum absolute atomic E-state index is 12.4. The first-order valence-electron chi connectivity index (χ1n) is 9.54. The van der Waals surface area contributed by atoms with E-state index < -0.39 is 19.2 Å². The molecule has 4 aliphatic rings. The molecule has 0 spiro atoms. The van der Waals surface area contributed by atoms with E-state index >= 15 is 0 Å². The highest BCUT2D eigenvalue weighted by Crippen LogP contribution is 2.60. The van der Waals surface area contributed by atoms with Crippen LogP contribution in [0.4, 0.5) is 0 Å². The van der Waals surface area contributed by atoms with Gasteiger partial charge in [-0.25, -0.2) is 4.79 Å². The number of aliphatic hydroxyl groups is 1. The number of aromatic carboxylic acids is 1. The van der Waals surface area contributed by atoms with E-state index in [9.17, 15) is 24.8 Å². The number of carboxylic acid groups (broad SMARTS) is 1. The number of likely N-dealkylation sites (tertiary alicyclic amines) is 1. The quantitative estimate of drug-likeness (QED) is 0.505. The van der Waals surface area contributed by atoms with Crippen LogP contribution in [0.1, 0.15) is 34.7 Å². The molecule has 1 amide bonds. The molecule has 3 heterocycles. The third-order valence-corrected chi connectivity index (χ3v) is 6.07. The standard InChI is InChI=1S/C18H21BN2O7/c22-8-3-13(20-5-8)17(23)21-6-9(7-21)27-14-2-1-10-11-4-12(11)19(26)28-16(10)15(14)18(24)25/h1-2,8-9,11-13,20,22,26H,3-7H2,(H,24,25). The lowest BCUT2D eigenvalue weighted by atomic mass is 9.77. The molecule has 3 fully saturated rings. The second-order valence-corrected chi connectivity index (χ2v) is 8.01. The smallest absolute Gasteiger partial charge is 0.526 e. The van der Waals surface area contributed by atoms with Gasteiger partial charge in [-0.1, -0.05) is 6.07 Å². The van der Waals surface area contributed by atoms with Crippen LogP contribution in [0.15, 0.2) is 12.1 Å². The summed E-state index contributed by atoms with van der Waals surface area (Å²) >= 11 is 0. The molecule has 0 radical (unpaired) electrons. The number of aliphatic hydroxyl groups excluding tert-OH is 1. The number of nitrogens with zero attached hydrogens (tertiary/aromatic N) is 1. The van der Waals surface area contributed by atoms with Gasteiger partial charge in [0.1, 0.15) is 23.2 Å². The summed E-state index contributed by atoms with van der Waals surface area (Å²) in [6, 6.07) is 3.06. The van der Waals surface area contributed by atoms with E-state index in [0.717, 1.165) is 12.0 Å². The van der Waals surface area contributed by atoms with Gasteiger partial charge in [-0.2, -0.15) is 0 Å². The number of fused-ring (bicyclic) bond motifs is 3. The highest BCUT2D eigenvalue weighted by atomic mass is 16.5. The van der Waals surface area contributed by atoms with Crippen LogP contribution in [0.5, 0.6) is 11.5 Å². The summed E-state index contributed by atoms with van der Waals surface area (Å²) in [5, 5.41) is 32.2. The fourth-order valence-electron chi connectivity index (χ4n) is 4.39. The third kappa shape index (κ3) is 2.83. The molecule has 4 unspecified atom stereocenters. The van der Waals surface area contributed by atoms with Gasteiger partial charge in [0.15, 0.2) is 0 Å². The van der Waals surface area contributed by atoms with E-state index in [0.29, 0.717) is 26.1 Å². The molecule has 4 N–H and O–H groups in total. The summed E-state index contributed by atoms with van der Waals surface area (Å²) in [5.41, 5.74) is 0.726. The average Bonchev–Trinajstić information content (AvgIpc) is 3.31. The number of benzene rings is 1. The lowest BCUT2D eigenvalue weighted by Crippen LogP contribution is -2.59. The van der Waals surface area contributed by atoms with Crippen molar-refractivity contribution in [1.82, 2.24) is 10.2 Å². The van der Waals surface area contributed by atoms with Gasteiger partial charge in [0.25, 0.3) is 0 Å². The molecule has 1 aromatic rings. The summed E-state index contributed by atoms with van der Waals surface area (Å²) in [6.07, 6.45) is 0.374. The van der Waals surface area contributed by atoms with Gasteiger partial charge in [-0.3, -0.25) is 4.79 Å². The van der Waals surface area contributed by atoms with Gasteiger partial charge in [-0.05, 0) is 30.4 Å². The Morgan fingerprint density at radius 1 is 1.29 bits per heavy atom. The average molecular weight is 388 g/mol. The maximum atomic E-state index is 12.4. The van der Waals surface area contributed by atoms with Crippen molar-refractivity contribution in [3.63, 3.8) is 0 Å². The van der Waals surface area contributed by atoms with Gasteiger partial charge < -0.3 is 34.8 Å². The third-order valence-electron chi connectivity index (χ3n) is 6.07. The number of carboxylic acids is 1. The Kier molecular flexibility index (Phi) is 4.04. The number of ether oxygens (including phenoxy) is 1. The van der Waals surface area contributed by atoms with E-state index in [1.807, 2.05) is 0 Å². The molecule has 1 aliphatic carbocycles. The van der Waals surface area contributed by atoms with Crippen LogP contribution < -0.4 is 14.7 Å². The minimum atomic E-state index is -1.17. The fourth-order valence-corrected chi connectivity index (χ4v) is 4.39. The second kappa shape index (κ2) is 6.36. The van der Waals surface area contributed by atoms with E-state index in [2.05, 4.69) is 5.32 Å². The summed E-state index contributed by atoms with van der Waals surface area (Å²) in [4.78, 5) is 25.9. The van der Waals surface area contributed by atoms with Gasteiger partial charge >= 0.3 is 13.1 Å². The van der Waals surface area contributed by atoms with Crippen molar-refractivity contribution in [2.45, 2.75) is 42.8 Å². The number of rotatable bonds is 4. The Morgan fingerprint density at radius 2 is 2.07 bits per heavy atom. The van der Waals surface area contributed by atoms with E-state index in [1.165, 1.54) is 0 Å². The molecule has 10 heteroatoms. The molecule has 28 heavy (non-hydrogen) atoms. The van der Waals surface area contributed by atoms with Crippen LogP contribution in [-0.2, 0) is 4.79 Å². The summed E-state index contributed by atoms with van der Waals surface area (Å²) in [5.74, 6) is -0.704. The molecule has 148 valence electrons. The number of β-amino-alcohol motifs (C(OH)–C–C–N with tert-alkyl or cyclic N) is 1. The number of hydrogen-bond acceptors (Lipinski definition) is 7. The molecule has 3 aliphatic heterocycles. The Labute approximate surface area is 161 Å².